The second-order valence-electron chi connectivity index (χ2n) is 6.99. The van der Waals surface area contributed by atoms with Crippen LogP contribution in [0, 0.1) is 4.77 Å². The molecular weight excluding hydrogens is 318 g/mol. The molecule has 6 heteroatoms. The summed E-state index contributed by atoms with van der Waals surface area (Å²) in [6.07, 6.45) is 2.52. The zero-order valence-electron chi connectivity index (χ0n) is 14.3. The van der Waals surface area contributed by atoms with Crippen LogP contribution in [0.1, 0.15) is 30.1 Å². The third-order valence-corrected chi connectivity index (χ3v) is 5.55. The van der Waals surface area contributed by atoms with Crippen LogP contribution in [0.4, 0.5) is 0 Å². The highest BCUT2D eigenvalue weighted by molar-refractivity contribution is 7.71. The van der Waals surface area contributed by atoms with Gasteiger partial charge in [0.2, 0.25) is 0 Å². The molecular formula is C18H25N5S. The highest BCUT2D eigenvalue weighted by Gasteiger charge is 2.29. The molecule has 2 aromatic rings. The Morgan fingerprint density at radius 2 is 1.71 bits per heavy atom. The van der Waals surface area contributed by atoms with Gasteiger partial charge in [0.05, 0.1) is 6.67 Å². The lowest BCUT2D eigenvalue weighted by molar-refractivity contribution is 0.0979. The van der Waals surface area contributed by atoms with Crippen LogP contribution in [-0.2, 0) is 20.3 Å². The summed E-state index contributed by atoms with van der Waals surface area (Å²) in [7, 11) is 2.05. The first-order chi connectivity index (χ1) is 11.7. The van der Waals surface area contributed by atoms with Crippen LogP contribution in [-0.4, -0.2) is 50.3 Å². The molecule has 4 rings (SSSR count). The molecule has 0 atom stereocenters. The van der Waals surface area contributed by atoms with Gasteiger partial charge in [0.25, 0.3) is 0 Å². The number of hydrogen-bond donors (Lipinski definition) is 0. The fourth-order valence-electron chi connectivity index (χ4n) is 3.41. The monoisotopic (exact) mass is 343 g/mol. The van der Waals surface area contributed by atoms with E-state index in [1.165, 1.54) is 24.2 Å². The van der Waals surface area contributed by atoms with Crippen molar-refractivity contribution in [2.45, 2.75) is 32.0 Å². The SMILES string of the molecule is Cn1c(C2CC2)nn(CN2CCN(Cc3ccccc3)CC2)c1=S. The van der Waals surface area contributed by atoms with Crippen LogP contribution in [0.25, 0.3) is 0 Å². The molecule has 0 amide bonds. The molecule has 1 aromatic carbocycles. The minimum atomic E-state index is 0.640. The number of nitrogens with zero attached hydrogens (tertiary/aromatic N) is 5. The van der Waals surface area contributed by atoms with Crippen LogP contribution >= 0.6 is 12.2 Å². The lowest BCUT2D eigenvalue weighted by Crippen LogP contribution is -2.46. The quantitative estimate of drug-likeness (QED) is 0.781. The van der Waals surface area contributed by atoms with Crippen LogP contribution in [0.2, 0.25) is 0 Å². The lowest BCUT2D eigenvalue weighted by Gasteiger charge is -2.34. The summed E-state index contributed by atoms with van der Waals surface area (Å²) in [5.74, 6) is 1.81. The molecule has 0 radical (unpaired) electrons. The van der Waals surface area contributed by atoms with Crippen molar-refractivity contribution in [3.8, 4) is 0 Å². The van der Waals surface area contributed by atoms with Crippen molar-refractivity contribution in [2.75, 3.05) is 26.2 Å². The predicted molar refractivity (Wildman–Crippen MR) is 97.3 cm³/mol. The van der Waals surface area contributed by atoms with Crippen LogP contribution in [0.15, 0.2) is 30.3 Å². The first kappa shape index (κ1) is 16.0. The van der Waals surface area contributed by atoms with Gasteiger partial charge in [0.15, 0.2) is 4.77 Å². The summed E-state index contributed by atoms with van der Waals surface area (Å²) in [5.41, 5.74) is 1.40. The number of aromatic nitrogens is 3. The van der Waals surface area contributed by atoms with E-state index in [4.69, 9.17) is 17.3 Å². The topological polar surface area (TPSA) is 29.2 Å². The highest BCUT2D eigenvalue weighted by atomic mass is 32.1. The van der Waals surface area contributed by atoms with E-state index in [1.807, 2.05) is 4.68 Å². The van der Waals surface area contributed by atoms with Crippen LogP contribution in [0.5, 0.6) is 0 Å². The molecule has 2 aliphatic rings. The molecule has 1 saturated heterocycles. The van der Waals surface area contributed by atoms with Gasteiger partial charge in [-0.2, -0.15) is 5.10 Å². The smallest absolute Gasteiger partial charge is 0.198 e. The summed E-state index contributed by atoms with van der Waals surface area (Å²) >= 11 is 5.57. The standard InChI is InChI=1S/C18H25N5S/c1-20-17(16-7-8-16)19-23(18(20)24)14-22-11-9-21(10-12-22)13-15-5-3-2-4-6-15/h2-6,16H,7-14H2,1H3. The molecule has 1 aromatic heterocycles. The highest BCUT2D eigenvalue weighted by Crippen LogP contribution is 2.38. The van der Waals surface area contributed by atoms with E-state index in [-0.39, 0.29) is 0 Å². The minimum Gasteiger partial charge on any atom is -0.307 e. The zero-order chi connectivity index (χ0) is 16.5. The minimum absolute atomic E-state index is 0.640. The first-order valence-corrected chi connectivity index (χ1v) is 9.24. The summed E-state index contributed by atoms with van der Waals surface area (Å²) in [5, 5.41) is 4.77. The van der Waals surface area contributed by atoms with E-state index in [0.29, 0.717) is 5.92 Å². The van der Waals surface area contributed by atoms with Gasteiger partial charge >= 0.3 is 0 Å². The molecule has 0 bridgehead atoms. The Labute approximate surface area is 148 Å². The van der Waals surface area contributed by atoms with Gasteiger partial charge in [-0.1, -0.05) is 30.3 Å². The van der Waals surface area contributed by atoms with Gasteiger partial charge in [0, 0.05) is 45.7 Å². The fraction of sp³-hybridized carbons (Fsp3) is 0.556. The Balaban J connectivity index is 1.33. The Morgan fingerprint density at radius 3 is 2.38 bits per heavy atom. The van der Waals surface area contributed by atoms with Crippen molar-refractivity contribution in [1.82, 2.24) is 24.1 Å². The molecule has 0 spiro atoms. The van der Waals surface area contributed by atoms with Crippen molar-refractivity contribution >= 4 is 12.2 Å². The maximum Gasteiger partial charge on any atom is 0.198 e. The summed E-state index contributed by atoms with van der Waals surface area (Å²) < 4.78 is 4.96. The van der Waals surface area contributed by atoms with Gasteiger partial charge in [0.1, 0.15) is 5.82 Å². The lowest BCUT2D eigenvalue weighted by atomic mass is 10.2. The number of benzene rings is 1. The third-order valence-electron chi connectivity index (χ3n) is 5.06. The van der Waals surface area contributed by atoms with E-state index in [1.54, 1.807) is 0 Å². The van der Waals surface area contributed by atoms with Gasteiger partial charge < -0.3 is 4.57 Å². The molecule has 1 aliphatic carbocycles. The summed E-state index contributed by atoms with van der Waals surface area (Å²) in [6, 6.07) is 10.7. The van der Waals surface area contributed by atoms with E-state index < -0.39 is 0 Å². The molecule has 1 saturated carbocycles. The molecule has 0 N–H and O–H groups in total. The van der Waals surface area contributed by atoms with Gasteiger partial charge in [-0.25, -0.2) is 4.68 Å². The predicted octanol–water partition coefficient (Wildman–Crippen LogP) is 2.60. The Hall–Kier alpha value is -1.50. The average Bonchev–Trinajstić information content (AvgIpc) is 3.41. The normalized spacial score (nSPS) is 19.7. The van der Waals surface area contributed by atoms with Crippen LogP contribution in [0.3, 0.4) is 0 Å². The van der Waals surface area contributed by atoms with Crippen molar-refractivity contribution in [3.05, 3.63) is 46.5 Å². The fourth-order valence-corrected chi connectivity index (χ4v) is 3.61. The second-order valence-corrected chi connectivity index (χ2v) is 7.36. The van der Waals surface area contributed by atoms with E-state index in [2.05, 4.69) is 51.7 Å². The third kappa shape index (κ3) is 3.45. The van der Waals surface area contributed by atoms with Crippen molar-refractivity contribution < 1.29 is 0 Å². The van der Waals surface area contributed by atoms with Crippen LogP contribution < -0.4 is 0 Å². The number of rotatable bonds is 5. The van der Waals surface area contributed by atoms with Crippen molar-refractivity contribution in [1.29, 1.82) is 0 Å². The molecule has 0 unspecified atom stereocenters. The zero-order valence-corrected chi connectivity index (χ0v) is 15.1. The van der Waals surface area contributed by atoms with E-state index in [0.717, 1.165) is 44.2 Å². The molecule has 5 nitrogen and oxygen atoms in total. The number of piperazine rings is 1. The Bertz CT molecular complexity index is 739. The van der Waals surface area contributed by atoms with Gasteiger partial charge in [-0.15, -0.1) is 0 Å². The van der Waals surface area contributed by atoms with Gasteiger partial charge in [-0.05, 0) is 30.6 Å². The van der Waals surface area contributed by atoms with Crippen molar-refractivity contribution in [3.63, 3.8) is 0 Å². The van der Waals surface area contributed by atoms with Gasteiger partial charge in [-0.3, -0.25) is 9.80 Å². The number of hydrogen-bond acceptors (Lipinski definition) is 4. The summed E-state index contributed by atoms with van der Waals surface area (Å²) in [4.78, 5) is 4.99. The summed E-state index contributed by atoms with van der Waals surface area (Å²) in [6.45, 7) is 6.21. The maximum atomic E-state index is 5.57. The van der Waals surface area contributed by atoms with Crippen molar-refractivity contribution in [2.24, 2.45) is 7.05 Å². The molecule has 2 fully saturated rings. The largest absolute Gasteiger partial charge is 0.307 e. The maximum absolute atomic E-state index is 5.57. The first-order valence-electron chi connectivity index (χ1n) is 8.83. The second kappa shape index (κ2) is 6.78. The molecule has 2 heterocycles. The van der Waals surface area contributed by atoms with E-state index in [9.17, 15) is 0 Å². The van der Waals surface area contributed by atoms with E-state index >= 15 is 0 Å². The average molecular weight is 344 g/mol. The Kier molecular flexibility index (Phi) is 4.52. The molecule has 1 aliphatic heterocycles. The Morgan fingerprint density at radius 1 is 1.04 bits per heavy atom. The molecule has 24 heavy (non-hydrogen) atoms. The molecule has 128 valence electrons.